The molecule has 5 nitrogen and oxygen atoms in total. The molecule has 34 heavy (non-hydrogen) atoms. The van der Waals surface area contributed by atoms with Crippen molar-refractivity contribution in [2.24, 2.45) is 0 Å². The van der Waals surface area contributed by atoms with E-state index >= 15 is 0 Å². The Morgan fingerprint density at radius 1 is 0.794 bits per heavy atom. The van der Waals surface area contributed by atoms with E-state index in [0.717, 1.165) is 16.8 Å². The standard InChI is InChI=1S/C29H30N2O3/c1-18-7-14-23(17-19(18)2)31-27(32)25(20-8-15-24(34-6)16-9-20)26(28(31)33)30-22-12-10-21(11-13-22)29(3,4)5/h7-17,30H,1-6H3. The summed E-state index contributed by atoms with van der Waals surface area (Å²) < 4.78 is 5.26. The first-order valence-electron chi connectivity index (χ1n) is 11.3. The summed E-state index contributed by atoms with van der Waals surface area (Å²) in [6.45, 7) is 10.4. The van der Waals surface area contributed by atoms with Crippen molar-refractivity contribution in [2.45, 2.75) is 40.0 Å². The molecule has 0 saturated heterocycles. The van der Waals surface area contributed by atoms with Gasteiger partial charge in [-0.15, -0.1) is 0 Å². The molecule has 3 aromatic carbocycles. The molecule has 1 aliphatic heterocycles. The van der Waals surface area contributed by atoms with Crippen molar-refractivity contribution in [3.8, 4) is 5.75 Å². The number of nitrogens with zero attached hydrogens (tertiary/aromatic N) is 1. The lowest BCUT2D eigenvalue weighted by atomic mass is 9.87. The molecule has 0 atom stereocenters. The Kier molecular flexibility index (Phi) is 6.05. The predicted octanol–water partition coefficient (Wildman–Crippen LogP) is 6.01. The van der Waals surface area contributed by atoms with Crippen LogP contribution in [0.25, 0.3) is 5.57 Å². The van der Waals surface area contributed by atoms with Crippen molar-refractivity contribution < 1.29 is 14.3 Å². The van der Waals surface area contributed by atoms with E-state index in [2.05, 4.69) is 26.1 Å². The molecule has 5 heteroatoms. The number of hydrogen-bond acceptors (Lipinski definition) is 4. The zero-order chi connectivity index (χ0) is 24.6. The van der Waals surface area contributed by atoms with Crippen LogP contribution in [0.3, 0.4) is 0 Å². The zero-order valence-corrected chi connectivity index (χ0v) is 20.5. The van der Waals surface area contributed by atoms with Gasteiger partial charge >= 0.3 is 0 Å². The molecular formula is C29H30N2O3. The number of rotatable bonds is 5. The Morgan fingerprint density at radius 2 is 1.44 bits per heavy atom. The van der Waals surface area contributed by atoms with Gasteiger partial charge in [-0.3, -0.25) is 9.59 Å². The molecule has 1 heterocycles. The minimum absolute atomic E-state index is 0.0191. The fraction of sp³-hybridized carbons (Fsp3) is 0.241. The number of aryl methyl sites for hydroxylation is 2. The van der Waals surface area contributed by atoms with Crippen LogP contribution in [-0.2, 0) is 15.0 Å². The highest BCUT2D eigenvalue weighted by molar-refractivity contribution is 6.46. The van der Waals surface area contributed by atoms with Crippen LogP contribution >= 0.6 is 0 Å². The van der Waals surface area contributed by atoms with E-state index in [4.69, 9.17) is 4.74 Å². The highest BCUT2D eigenvalue weighted by Crippen LogP contribution is 2.35. The summed E-state index contributed by atoms with van der Waals surface area (Å²) in [5.41, 5.74) is 5.88. The zero-order valence-electron chi connectivity index (χ0n) is 20.5. The average molecular weight is 455 g/mol. The number of carbonyl (C=O) groups excluding carboxylic acids is 2. The highest BCUT2D eigenvalue weighted by atomic mass is 16.5. The van der Waals surface area contributed by atoms with Gasteiger partial charge in [-0.25, -0.2) is 4.90 Å². The summed E-state index contributed by atoms with van der Waals surface area (Å²) in [5, 5.41) is 3.24. The quantitative estimate of drug-likeness (QED) is 0.480. The predicted molar refractivity (Wildman–Crippen MR) is 137 cm³/mol. The van der Waals surface area contributed by atoms with Crippen LogP contribution in [0.15, 0.2) is 72.4 Å². The Balaban J connectivity index is 1.78. The van der Waals surface area contributed by atoms with E-state index in [1.807, 2.05) is 56.3 Å². The number of carbonyl (C=O) groups is 2. The van der Waals surface area contributed by atoms with E-state index in [-0.39, 0.29) is 22.9 Å². The summed E-state index contributed by atoms with van der Waals surface area (Å²) in [6.07, 6.45) is 0. The fourth-order valence-corrected chi connectivity index (χ4v) is 3.97. The van der Waals surface area contributed by atoms with E-state index in [9.17, 15) is 9.59 Å². The van der Waals surface area contributed by atoms with Crippen LogP contribution in [0.1, 0.15) is 43.0 Å². The van der Waals surface area contributed by atoms with Crippen LogP contribution in [0, 0.1) is 13.8 Å². The lowest BCUT2D eigenvalue weighted by molar-refractivity contribution is -0.120. The lowest BCUT2D eigenvalue weighted by Gasteiger charge is -2.19. The molecule has 0 aliphatic carbocycles. The summed E-state index contributed by atoms with van der Waals surface area (Å²) in [4.78, 5) is 28.5. The summed E-state index contributed by atoms with van der Waals surface area (Å²) >= 11 is 0. The third-order valence-electron chi connectivity index (χ3n) is 6.23. The second-order valence-corrected chi connectivity index (χ2v) is 9.65. The number of nitrogens with one attached hydrogen (secondary N) is 1. The van der Waals surface area contributed by atoms with Crippen LogP contribution < -0.4 is 15.0 Å². The van der Waals surface area contributed by atoms with Gasteiger partial charge in [0.25, 0.3) is 11.8 Å². The summed E-state index contributed by atoms with van der Waals surface area (Å²) in [5.74, 6) is -0.0504. The Hall–Kier alpha value is -3.86. The minimum Gasteiger partial charge on any atom is -0.497 e. The number of benzene rings is 3. The van der Waals surface area contributed by atoms with Crippen molar-refractivity contribution in [3.05, 3.63) is 94.7 Å². The van der Waals surface area contributed by atoms with Gasteiger partial charge < -0.3 is 10.1 Å². The monoisotopic (exact) mass is 454 g/mol. The number of amides is 2. The molecule has 0 aromatic heterocycles. The van der Waals surface area contributed by atoms with Crippen LogP contribution in [-0.4, -0.2) is 18.9 Å². The maximum atomic E-state index is 13.6. The van der Waals surface area contributed by atoms with Gasteiger partial charge in [0.1, 0.15) is 11.4 Å². The van der Waals surface area contributed by atoms with Crippen molar-refractivity contribution in [3.63, 3.8) is 0 Å². The molecule has 4 rings (SSSR count). The molecule has 1 N–H and O–H groups in total. The van der Waals surface area contributed by atoms with E-state index in [0.29, 0.717) is 22.6 Å². The molecule has 1 aliphatic rings. The smallest absolute Gasteiger partial charge is 0.282 e. The maximum absolute atomic E-state index is 13.6. The third-order valence-corrected chi connectivity index (χ3v) is 6.23. The molecule has 0 radical (unpaired) electrons. The molecule has 3 aromatic rings. The average Bonchev–Trinajstić information content (AvgIpc) is 3.05. The van der Waals surface area contributed by atoms with Gasteiger partial charge in [-0.05, 0) is 77.9 Å². The van der Waals surface area contributed by atoms with Gasteiger partial charge in [0, 0.05) is 5.69 Å². The number of ether oxygens (including phenoxy) is 1. The van der Waals surface area contributed by atoms with Crippen molar-refractivity contribution in [1.29, 1.82) is 0 Å². The fourth-order valence-electron chi connectivity index (χ4n) is 3.97. The van der Waals surface area contributed by atoms with Gasteiger partial charge in [0.05, 0.1) is 18.4 Å². The molecule has 174 valence electrons. The number of methoxy groups -OCH3 is 1. The second-order valence-electron chi connectivity index (χ2n) is 9.65. The second kappa shape index (κ2) is 8.82. The topological polar surface area (TPSA) is 58.6 Å². The SMILES string of the molecule is COc1ccc(C2=C(Nc3ccc(C(C)(C)C)cc3)C(=O)N(c3ccc(C)c(C)c3)C2=O)cc1. The van der Waals surface area contributed by atoms with Crippen LogP contribution in [0.2, 0.25) is 0 Å². The van der Waals surface area contributed by atoms with Crippen molar-refractivity contribution in [1.82, 2.24) is 0 Å². The molecule has 0 spiro atoms. The first kappa shape index (κ1) is 23.3. The van der Waals surface area contributed by atoms with Gasteiger partial charge in [0.2, 0.25) is 0 Å². The van der Waals surface area contributed by atoms with Gasteiger partial charge in [0.15, 0.2) is 0 Å². The highest BCUT2D eigenvalue weighted by Gasteiger charge is 2.40. The first-order valence-corrected chi connectivity index (χ1v) is 11.3. The number of imide groups is 1. The first-order chi connectivity index (χ1) is 16.1. The van der Waals surface area contributed by atoms with Crippen LogP contribution in [0.5, 0.6) is 5.75 Å². The third kappa shape index (κ3) is 4.34. The molecule has 0 unspecified atom stereocenters. The molecular weight excluding hydrogens is 424 g/mol. The molecule has 2 amide bonds. The largest absolute Gasteiger partial charge is 0.497 e. The van der Waals surface area contributed by atoms with E-state index < -0.39 is 0 Å². The maximum Gasteiger partial charge on any atom is 0.282 e. The Morgan fingerprint density at radius 3 is 2.00 bits per heavy atom. The van der Waals surface area contributed by atoms with Crippen molar-refractivity contribution in [2.75, 3.05) is 17.3 Å². The van der Waals surface area contributed by atoms with Crippen LogP contribution in [0.4, 0.5) is 11.4 Å². The number of anilines is 2. The summed E-state index contributed by atoms with van der Waals surface area (Å²) in [6, 6.07) is 20.7. The Labute approximate surface area is 201 Å². The van der Waals surface area contributed by atoms with Crippen molar-refractivity contribution >= 4 is 28.8 Å². The molecule has 0 saturated carbocycles. The molecule has 0 fully saturated rings. The number of hydrogen-bond donors (Lipinski definition) is 1. The normalized spacial score (nSPS) is 14.1. The van der Waals surface area contributed by atoms with E-state index in [1.165, 1.54) is 10.5 Å². The molecule has 0 bridgehead atoms. The minimum atomic E-state index is -0.376. The lowest BCUT2D eigenvalue weighted by Crippen LogP contribution is -2.32. The van der Waals surface area contributed by atoms with E-state index in [1.54, 1.807) is 31.4 Å². The Bertz CT molecular complexity index is 1280. The summed E-state index contributed by atoms with van der Waals surface area (Å²) in [7, 11) is 1.59. The van der Waals surface area contributed by atoms with Gasteiger partial charge in [-0.2, -0.15) is 0 Å². The van der Waals surface area contributed by atoms with Gasteiger partial charge in [-0.1, -0.05) is 51.1 Å².